The maximum atomic E-state index is 13.8. The molecule has 1 fully saturated rings. The first-order valence-electron chi connectivity index (χ1n) is 10.3. The van der Waals surface area contributed by atoms with E-state index in [9.17, 15) is 9.18 Å². The minimum atomic E-state index is -0.524. The first kappa shape index (κ1) is 20.7. The van der Waals surface area contributed by atoms with Crippen LogP contribution in [0.15, 0.2) is 72.9 Å². The van der Waals surface area contributed by atoms with Gasteiger partial charge in [-0.15, -0.1) is 0 Å². The second-order valence-electron chi connectivity index (χ2n) is 7.33. The van der Waals surface area contributed by atoms with Gasteiger partial charge in [0.1, 0.15) is 18.5 Å². The molecule has 0 atom stereocenters. The molecule has 0 aliphatic carbocycles. The Morgan fingerprint density at radius 2 is 1.77 bits per heavy atom. The largest absolute Gasteiger partial charge is 0.487 e. The van der Waals surface area contributed by atoms with Crippen molar-refractivity contribution in [3.63, 3.8) is 0 Å². The number of nitrogens with one attached hydrogen (secondary N) is 1. The van der Waals surface area contributed by atoms with E-state index >= 15 is 0 Å². The molecule has 0 radical (unpaired) electrons. The molecule has 160 valence electrons. The third-order valence-electron chi connectivity index (χ3n) is 5.10. The van der Waals surface area contributed by atoms with Gasteiger partial charge in [0.05, 0.1) is 11.9 Å². The van der Waals surface area contributed by atoms with E-state index in [4.69, 9.17) is 9.47 Å². The van der Waals surface area contributed by atoms with Crippen LogP contribution in [0, 0.1) is 5.82 Å². The molecule has 31 heavy (non-hydrogen) atoms. The van der Waals surface area contributed by atoms with Crippen molar-refractivity contribution < 1.29 is 18.7 Å². The van der Waals surface area contributed by atoms with E-state index in [1.54, 1.807) is 30.5 Å². The van der Waals surface area contributed by atoms with Crippen molar-refractivity contribution in [3.8, 4) is 5.75 Å². The Bertz CT molecular complexity index is 990. The molecule has 0 spiro atoms. The molecule has 1 saturated heterocycles. The lowest BCUT2D eigenvalue weighted by Gasteiger charge is -2.33. The zero-order valence-electron chi connectivity index (χ0n) is 17.0. The van der Waals surface area contributed by atoms with Crippen LogP contribution in [0.2, 0.25) is 0 Å². The van der Waals surface area contributed by atoms with Crippen molar-refractivity contribution in [3.05, 3.63) is 84.3 Å². The maximum absolute atomic E-state index is 13.8. The number of benzene rings is 2. The fraction of sp³-hybridized carbons (Fsp3) is 0.250. The van der Waals surface area contributed by atoms with Gasteiger partial charge in [0.2, 0.25) is 0 Å². The molecule has 1 N–H and O–H groups in total. The summed E-state index contributed by atoms with van der Waals surface area (Å²) < 4.78 is 24.8. The molecule has 2 aromatic carbocycles. The van der Waals surface area contributed by atoms with Crippen LogP contribution in [0.3, 0.4) is 0 Å². The highest BCUT2D eigenvalue weighted by Crippen LogP contribution is 2.24. The number of aromatic nitrogens is 1. The number of para-hydroxylation sites is 1. The number of pyridine rings is 1. The molecule has 1 aliphatic heterocycles. The Labute approximate surface area is 180 Å². The maximum Gasteiger partial charge on any atom is 0.412 e. The van der Waals surface area contributed by atoms with Crippen LogP contribution in [0.1, 0.15) is 18.4 Å². The Balaban J connectivity index is 1.24. The number of halogens is 1. The number of anilines is 2. The van der Waals surface area contributed by atoms with Crippen molar-refractivity contribution in [2.45, 2.75) is 25.6 Å². The number of hydrogen-bond acceptors (Lipinski definition) is 5. The van der Waals surface area contributed by atoms with Crippen LogP contribution in [0.25, 0.3) is 0 Å². The number of ether oxygens (including phenoxy) is 2. The first-order chi connectivity index (χ1) is 15.2. The van der Waals surface area contributed by atoms with Gasteiger partial charge < -0.3 is 14.4 Å². The van der Waals surface area contributed by atoms with Gasteiger partial charge in [-0.2, -0.15) is 0 Å². The van der Waals surface area contributed by atoms with E-state index < -0.39 is 6.09 Å². The number of rotatable bonds is 6. The summed E-state index contributed by atoms with van der Waals surface area (Å²) in [4.78, 5) is 18.6. The van der Waals surface area contributed by atoms with Gasteiger partial charge >= 0.3 is 6.09 Å². The summed E-state index contributed by atoms with van der Waals surface area (Å²) in [7, 11) is 0. The topological polar surface area (TPSA) is 63.7 Å². The summed E-state index contributed by atoms with van der Waals surface area (Å²) in [5.41, 5.74) is 1.49. The predicted octanol–water partition coefficient (Wildman–Crippen LogP) is 5.02. The quantitative estimate of drug-likeness (QED) is 0.606. The van der Waals surface area contributed by atoms with Gasteiger partial charge in [0, 0.05) is 25.9 Å². The summed E-state index contributed by atoms with van der Waals surface area (Å²) in [5, 5.41) is 2.68. The highest BCUT2D eigenvalue weighted by Gasteiger charge is 2.22. The summed E-state index contributed by atoms with van der Waals surface area (Å²) in [5.74, 6) is 0.790. The van der Waals surface area contributed by atoms with Gasteiger partial charge in [0.25, 0.3) is 0 Å². The van der Waals surface area contributed by atoms with Gasteiger partial charge in [-0.05, 0) is 29.8 Å². The Morgan fingerprint density at radius 1 is 1.03 bits per heavy atom. The second kappa shape index (κ2) is 9.93. The van der Waals surface area contributed by atoms with Crippen LogP contribution in [-0.4, -0.2) is 30.3 Å². The molecular formula is C24H24FN3O3. The summed E-state index contributed by atoms with van der Waals surface area (Å²) in [6.07, 6.45) is 2.63. The minimum absolute atomic E-state index is 0.0199. The number of carbonyl (C=O) groups excluding carboxylic acids is 1. The van der Waals surface area contributed by atoms with Crippen LogP contribution in [0.4, 0.5) is 20.7 Å². The van der Waals surface area contributed by atoms with Crippen molar-refractivity contribution in [1.29, 1.82) is 0 Å². The van der Waals surface area contributed by atoms with Gasteiger partial charge in [-0.1, -0.05) is 42.5 Å². The SMILES string of the molecule is O=C(Nc1ccc(N2CCC(Oc3ccccc3F)CC2)nc1)OCc1ccccc1. The molecular weight excluding hydrogens is 397 g/mol. The standard InChI is InChI=1S/C24H24FN3O3/c25-21-8-4-5-9-22(21)31-20-12-14-28(15-13-20)23-11-10-19(16-26-23)27-24(29)30-17-18-6-2-1-3-7-18/h1-11,16,20H,12-15,17H2,(H,27,29). The van der Waals surface area contributed by atoms with E-state index in [2.05, 4.69) is 15.2 Å². The number of nitrogens with zero attached hydrogens (tertiary/aromatic N) is 2. The van der Waals surface area contributed by atoms with E-state index in [1.165, 1.54) is 6.07 Å². The molecule has 4 rings (SSSR count). The fourth-order valence-electron chi connectivity index (χ4n) is 3.45. The molecule has 6 nitrogen and oxygen atoms in total. The van der Waals surface area contributed by atoms with Crippen LogP contribution in [-0.2, 0) is 11.3 Å². The molecule has 0 unspecified atom stereocenters. The smallest absolute Gasteiger partial charge is 0.412 e. The lowest BCUT2D eigenvalue weighted by molar-refractivity contribution is 0.155. The highest BCUT2D eigenvalue weighted by molar-refractivity contribution is 5.84. The number of hydrogen-bond donors (Lipinski definition) is 1. The Hall–Kier alpha value is -3.61. The molecule has 1 amide bonds. The average Bonchev–Trinajstić information content (AvgIpc) is 2.81. The lowest BCUT2D eigenvalue weighted by Crippen LogP contribution is -2.38. The average molecular weight is 421 g/mol. The van der Waals surface area contributed by atoms with E-state index in [0.717, 1.165) is 37.3 Å². The molecule has 2 heterocycles. The Kier molecular flexibility index (Phi) is 6.62. The highest BCUT2D eigenvalue weighted by atomic mass is 19.1. The molecule has 3 aromatic rings. The molecule has 1 aromatic heterocycles. The van der Waals surface area contributed by atoms with Crippen LogP contribution in [0.5, 0.6) is 5.75 Å². The third-order valence-corrected chi connectivity index (χ3v) is 5.10. The lowest BCUT2D eigenvalue weighted by atomic mass is 10.1. The zero-order chi connectivity index (χ0) is 21.5. The van der Waals surface area contributed by atoms with Gasteiger partial charge in [-0.25, -0.2) is 14.2 Å². The zero-order valence-corrected chi connectivity index (χ0v) is 17.0. The van der Waals surface area contributed by atoms with Crippen molar-refractivity contribution in [2.24, 2.45) is 0 Å². The minimum Gasteiger partial charge on any atom is -0.487 e. The number of carbonyl (C=O) groups is 1. The predicted molar refractivity (Wildman–Crippen MR) is 117 cm³/mol. The second-order valence-corrected chi connectivity index (χ2v) is 7.33. The summed E-state index contributed by atoms with van der Waals surface area (Å²) in [6.45, 7) is 1.73. The first-order valence-corrected chi connectivity index (χ1v) is 10.3. The third kappa shape index (κ3) is 5.72. The van der Waals surface area contributed by atoms with Crippen molar-refractivity contribution >= 4 is 17.6 Å². The molecule has 0 saturated carbocycles. The normalized spacial score (nSPS) is 14.2. The molecule has 1 aliphatic rings. The summed E-state index contributed by atoms with van der Waals surface area (Å²) in [6, 6.07) is 19.6. The molecule has 7 heteroatoms. The van der Waals surface area contributed by atoms with Gasteiger partial charge in [0.15, 0.2) is 11.6 Å². The van der Waals surface area contributed by atoms with Crippen molar-refractivity contribution in [2.75, 3.05) is 23.3 Å². The van der Waals surface area contributed by atoms with Crippen molar-refractivity contribution in [1.82, 2.24) is 4.98 Å². The van der Waals surface area contributed by atoms with E-state index in [1.807, 2.05) is 36.4 Å². The van der Waals surface area contributed by atoms with Crippen LogP contribution < -0.4 is 15.0 Å². The van der Waals surface area contributed by atoms with E-state index in [-0.39, 0.29) is 18.5 Å². The molecule has 0 bridgehead atoms. The number of piperidine rings is 1. The van der Waals surface area contributed by atoms with Crippen LogP contribution >= 0.6 is 0 Å². The van der Waals surface area contributed by atoms with Gasteiger partial charge in [-0.3, -0.25) is 5.32 Å². The monoisotopic (exact) mass is 421 g/mol. The fourth-order valence-corrected chi connectivity index (χ4v) is 3.45. The van der Waals surface area contributed by atoms with E-state index in [0.29, 0.717) is 11.4 Å². The number of amides is 1. The Morgan fingerprint density at radius 3 is 2.48 bits per heavy atom. The summed E-state index contributed by atoms with van der Waals surface area (Å²) >= 11 is 0.